The normalized spacial score (nSPS) is 28.8. The molecule has 3 N–H and O–H groups in total. The molecule has 2 rings (SSSR count). The number of nitrogens with two attached hydrogens (primary N) is 1. The lowest BCUT2D eigenvalue weighted by atomic mass is 9.65. The Morgan fingerprint density at radius 2 is 2.12 bits per heavy atom. The third kappa shape index (κ3) is 1.80. The highest BCUT2D eigenvalue weighted by atomic mass is 16.4. The summed E-state index contributed by atoms with van der Waals surface area (Å²) in [6.45, 7) is 5.79. The van der Waals surface area contributed by atoms with Crippen LogP contribution < -0.4 is 5.73 Å². The largest absolute Gasteiger partial charge is 0.480 e. The molecule has 0 unspecified atom stereocenters. The maximum atomic E-state index is 11.3. The predicted molar refractivity (Wildman–Crippen MR) is 59.3 cm³/mol. The van der Waals surface area contributed by atoms with Crippen LogP contribution in [0.15, 0.2) is 0 Å². The number of carboxylic acid groups (broad SMARTS) is 1. The Kier molecular flexibility index (Phi) is 2.46. The van der Waals surface area contributed by atoms with Gasteiger partial charge in [0.25, 0.3) is 0 Å². The molecule has 0 spiro atoms. The first-order chi connectivity index (χ1) is 7.75. The molecular weight excluding hydrogens is 222 g/mol. The minimum Gasteiger partial charge on any atom is -0.480 e. The fraction of sp³-hybridized carbons (Fsp3) is 0.800. The van der Waals surface area contributed by atoms with E-state index in [0.717, 1.165) is 0 Å². The Hall–Kier alpha value is -1.50. The van der Waals surface area contributed by atoms with Crippen LogP contribution in [-0.4, -0.2) is 37.3 Å². The fourth-order valence-corrected chi connectivity index (χ4v) is 1.98. The van der Waals surface area contributed by atoms with E-state index in [4.69, 9.17) is 5.73 Å². The number of tetrazole rings is 1. The Morgan fingerprint density at radius 1 is 1.53 bits per heavy atom. The summed E-state index contributed by atoms with van der Waals surface area (Å²) < 4.78 is 0. The molecule has 0 radical (unpaired) electrons. The van der Waals surface area contributed by atoms with E-state index in [9.17, 15) is 9.90 Å². The number of aliphatic carboxylic acids is 1. The molecule has 1 heterocycles. The number of hydrogen-bond acceptors (Lipinski definition) is 5. The third-order valence-electron chi connectivity index (χ3n) is 3.07. The van der Waals surface area contributed by atoms with Gasteiger partial charge in [-0.15, -0.1) is 10.2 Å². The number of nitrogens with zero attached hydrogens (tertiary/aromatic N) is 4. The molecule has 0 aromatic carbocycles. The van der Waals surface area contributed by atoms with Crippen molar-refractivity contribution in [2.24, 2.45) is 5.73 Å². The van der Waals surface area contributed by atoms with Gasteiger partial charge < -0.3 is 10.8 Å². The molecule has 1 aliphatic carbocycles. The van der Waals surface area contributed by atoms with Gasteiger partial charge in [-0.1, -0.05) is 0 Å². The molecule has 1 aliphatic rings. The van der Waals surface area contributed by atoms with Crippen molar-refractivity contribution in [3.63, 3.8) is 0 Å². The highest BCUT2D eigenvalue weighted by molar-refractivity contribution is 5.81. The van der Waals surface area contributed by atoms with Crippen LogP contribution in [0.2, 0.25) is 0 Å². The lowest BCUT2D eigenvalue weighted by molar-refractivity contribution is -0.148. The van der Waals surface area contributed by atoms with Gasteiger partial charge in [0.15, 0.2) is 5.82 Å². The van der Waals surface area contributed by atoms with Crippen LogP contribution in [0, 0.1) is 0 Å². The number of rotatable bonds is 2. The smallest absolute Gasteiger partial charge is 0.317 e. The molecule has 1 aromatic rings. The number of hydrogen-bond donors (Lipinski definition) is 2. The van der Waals surface area contributed by atoms with E-state index < -0.39 is 11.4 Å². The number of carbonyl (C=O) groups is 1. The van der Waals surface area contributed by atoms with E-state index in [2.05, 4.69) is 15.4 Å². The van der Waals surface area contributed by atoms with Gasteiger partial charge in [0.2, 0.25) is 0 Å². The monoisotopic (exact) mass is 239 g/mol. The summed E-state index contributed by atoms with van der Waals surface area (Å²) in [5, 5.41) is 21.3. The Bertz CT molecular complexity index is 442. The van der Waals surface area contributed by atoms with Crippen LogP contribution in [0.3, 0.4) is 0 Å². The average molecular weight is 239 g/mol. The van der Waals surface area contributed by atoms with Crippen LogP contribution in [0.5, 0.6) is 0 Å². The zero-order valence-electron chi connectivity index (χ0n) is 10.2. The zero-order chi connectivity index (χ0) is 12.8. The summed E-state index contributed by atoms with van der Waals surface area (Å²) in [6, 6.07) is -0.0901. The van der Waals surface area contributed by atoms with E-state index in [1.807, 2.05) is 20.8 Å². The SMILES string of the molecule is CC(C)(C)n1nnc(C2(C(=O)O)CC(N)C2)n1. The first-order valence-electron chi connectivity index (χ1n) is 5.56. The van der Waals surface area contributed by atoms with Crippen molar-refractivity contribution < 1.29 is 9.90 Å². The van der Waals surface area contributed by atoms with Crippen molar-refractivity contribution in [3.05, 3.63) is 5.82 Å². The molecule has 0 amide bonds. The highest BCUT2D eigenvalue weighted by Gasteiger charge is 2.54. The van der Waals surface area contributed by atoms with Gasteiger partial charge >= 0.3 is 5.97 Å². The maximum Gasteiger partial charge on any atom is 0.317 e. The Morgan fingerprint density at radius 3 is 2.47 bits per heavy atom. The summed E-state index contributed by atoms with van der Waals surface area (Å²) in [7, 11) is 0. The number of aromatic nitrogens is 4. The Labute approximate surface area is 99.0 Å². The first-order valence-corrected chi connectivity index (χ1v) is 5.56. The fourth-order valence-electron chi connectivity index (χ4n) is 1.98. The van der Waals surface area contributed by atoms with Crippen molar-refractivity contribution in [1.82, 2.24) is 20.2 Å². The van der Waals surface area contributed by atoms with Gasteiger partial charge in [-0.2, -0.15) is 4.80 Å². The van der Waals surface area contributed by atoms with Gasteiger partial charge in [0.1, 0.15) is 5.41 Å². The van der Waals surface area contributed by atoms with Crippen molar-refractivity contribution in [3.8, 4) is 0 Å². The maximum absolute atomic E-state index is 11.3. The lowest BCUT2D eigenvalue weighted by Gasteiger charge is -2.39. The quantitative estimate of drug-likeness (QED) is 0.744. The van der Waals surface area contributed by atoms with Gasteiger partial charge in [-0.3, -0.25) is 4.79 Å². The summed E-state index contributed by atoms with van der Waals surface area (Å²) in [6.07, 6.45) is 0.746. The van der Waals surface area contributed by atoms with Crippen LogP contribution in [-0.2, 0) is 15.7 Å². The molecule has 0 saturated heterocycles. The van der Waals surface area contributed by atoms with Gasteiger partial charge in [0, 0.05) is 6.04 Å². The van der Waals surface area contributed by atoms with E-state index in [1.165, 1.54) is 4.80 Å². The molecule has 0 atom stereocenters. The van der Waals surface area contributed by atoms with Gasteiger partial charge in [-0.25, -0.2) is 0 Å². The third-order valence-corrected chi connectivity index (χ3v) is 3.07. The summed E-state index contributed by atoms with van der Waals surface area (Å²) in [4.78, 5) is 12.8. The average Bonchev–Trinajstić information content (AvgIpc) is 2.59. The number of carboxylic acids is 1. The standard InChI is InChI=1S/C10H17N5O2/c1-9(2,3)15-13-7(12-14-15)10(8(16)17)4-6(11)5-10/h6H,4-5,11H2,1-3H3,(H,16,17). The zero-order valence-corrected chi connectivity index (χ0v) is 10.2. The van der Waals surface area contributed by atoms with Crippen LogP contribution in [0.25, 0.3) is 0 Å². The molecule has 0 bridgehead atoms. The van der Waals surface area contributed by atoms with Crippen molar-refractivity contribution in [2.45, 2.75) is 50.6 Å². The highest BCUT2D eigenvalue weighted by Crippen LogP contribution is 2.41. The second kappa shape index (κ2) is 3.49. The van der Waals surface area contributed by atoms with Gasteiger partial charge in [-0.05, 0) is 38.8 Å². The van der Waals surface area contributed by atoms with E-state index >= 15 is 0 Å². The molecule has 0 aliphatic heterocycles. The second-order valence-electron chi connectivity index (χ2n) is 5.63. The van der Waals surface area contributed by atoms with Crippen LogP contribution in [0.4, 0.5) is 0 Å². The van der Waals surface area contributed by atoms with Gasteiger partial charge in [0.05, 0.1) is 5.54 Å². The molecule has 1 fully saturated rings. The molecular formula is C10H17N5O2. The van der Waals surface area contributed by atoms with E-state index in [-0.39, 0.29) is 17.4 Å². The van der Waals surface area contributed by atoms with E-state index in [1.54, 1.807) is 0 Å². The summed E-state index contributed by atoms with van der Waals surface area (Å²) in [5.41, 5.74) is 4.33. The molecule has 1 aromatic heterocycles. The lowest BCUT2D eigenvalue weighted by Crippen LogP contribution is -2.54. The predicted octanol–water partition coefficient (Wildman–Crippen LogP) is -0.128. The first kappa shape index (κ1) is 12.0. The molecule has 1 saturated carbocycles. The van der Waals surface area contributed by atoms with Crippen LogP contribution in [0.1, 0.15) is 39.4 Å². The van der Waals surface area contributed by atoms with E-state index in [0.29, 0.717) is 12.8 Å². The minimum atomic E-state index is -1.04. The molecule has 7 nitrogen and oxygen atoms in total. The summed E-state index contributed by atoms with van der Waals surface area (Å²) in [5.74, 6) is -0.658. The second-order valence-corrected chi connectivity index (χ2v) is 5.63. The molecule has 7 heteroatoms. The topological polar surface area (TPSA) is 107 Å². The summed E-state index contributed by atoms with van der Waals surface area (Å²) >= 11 is 0. The Balaban J connectivity index is 2.34. The van der Waals surface area contributed by atoms with Crippen molar-refractivity contribution in [2.75, 3.05) is 0 Å². The molecule has 17 heavy (non-hydrogen) atoms. The minimum absolute atomic E-state index is 0.0901. The van der Waals surface area contributed by atoms with Crippen molar-refractivity contribution >= 4 is 5.97 Å². The van der Waals surface area contributed by atoms with Crippen molar-refractivity contribution in [1.29, 1.82) is 0 Å². The molecule has 94 valence electrons. The van der Waals surface area contributed by atoms with Crippen LogP contribution >= 0.6 is 0 Å².